The van der Waals surface area contributed by atoms with Gasteiger partial charge in [-0.15, -0.1) is 0 Å². The van der Waals surface area contributed by atoms with Crippen LogP contribution in [0.1, 0.15) is 12.8 Å². The molecule has 3 atom stereocenters. The molecular formula is C7H13N3O3. The standard InChI is InChI=1S/C7H13N3O3/c1-12-7-6(9-10-8)3-2-5(4-11)13-7/h5-7,11H,2-4H2,1H3/t5-,6-,7+/m0/s1. The Bertz CT molecular complexity index is 205. The Kier molecular flexibility index (Phi) is 3.98. The van der Waals surface area contributed by atoms with Crippen LogP contribution in [0.25, 0.3) is 10.4 Å². The summed E-state index contributed by atoms with van der Waals surface area (Å²) in [4.78, 5) is 2.71. The number of ether oxygens (including phenoxy) is 2. The summed E-state index contributed by atoms with van der Waals surface area (Å²) in [5, 5.41) is 12.4. The predicted molar refractivity (Wildman–Crippen MR) is 44.9 cm³/mol. The van der Waals surface area contributed by atoms with Gasteiger partial charge in [0.15, 0.2) is 6.29 Å². The van der Waals surface area contributed by atoms with E-state index in [0.29, 0.717) is 12.8 Å². The lowest BCUT2D eigenvalue weighted by Crippen LogP contribution is -2.40. The van der Waals surface area contributed by atoms with Gasteiger partial charge in [0, 0.05) is 12.0 Å². The fourth-order valence-corrected chi connectivity index (χ4v) is 1.37. The quantitative estimate of drug-likeness (QED) is 0.403. The molecular weight excluding hydrogens is 174 g/mol. The Morgan fingerprint density at radius 3 is 3.00 bits per heavy atom. The summed E-state index contributed by atoms with van der Waals surface area (Å²) in [5.74, 6) is 0. The minimum Gasteiger partial charge on any atom is -0.394 e. The molecule has 13 heavy (non-hydrogen) atoms. The zero-order chi connectivity index (χ0) is 9.68. The normalized spacial score (nSPS) is 33.8. The van der Waals surface area contributed by atoms with Gasteiger partial charge in [0.25, 0.3) is 0 Å². The number of azide groups is 1. The number of hydrogen-bond donors (Lipinski definition) is 1. The molecule has 1 heterocycles. The molecule has 0 aliphatic carbocycles. The summed E-state index contributed by atoms with van der Waals surface area (Å²) >= 11 is 0. The first kappa shape index (κ1) is 10.3. The van der Waals surface area contributed by atoms with E-state index >= 15 is 0 Å². The Hall–Kier alpha value is -0.810. The zero-order valence-electron chi connectivity index (χ0n) is 7.46. The van der Waals surface area contributed by atoms with Crippen LogP contribution in [0.15, 0.2) is 5.11 Å². The second-order valence-corrected chi connectivity index (χ2v) is 2.89. The maximum atomic E-state index is 8.84. The third-order valence-electron chi connectivity index (χ3n) is 2.06. The van der Waals surface area contributed by atoms with Crippen molar-refractivity contribution in [2.24, 2.45) is 5.11 Å². The molecule has 0 radical (unpaired) electrons. The highest BCUT2D eigenvalue weighted by molar-refractivity contribution is 4.79. The lowest BCUT2D eigenvalue weighted by atomic mass is 10.1. The predicted octanol–water partition coefficient (Wildman–Crippen LogP) is 0.809. The van der Waals surface area contributed by atoms with E-state index in [1.54, 1.807) is 0 Å². The van der Waals surface area contributed by atoms with E-state index in [1.807, 2.05) is 0 Å². The van der Waals surface area contributed by atoms with Crippen LogP contribution in [-0.2, 0) is 9.47 Å². The van der Waals surface area contributed by atoms with Crippen molar-refractivity contribution >= 4 is 0 Å². The van der Waals surface area contributed by atoms with Crippen LogP contribution in [-0.4, -0.2) is 37.3 Å². The second-order valence-electron chi connectivity index (χ2n) is 2.89. The summed E-state index contributed by atoms with van der Waals surface area (Å²) in [7, 11) is 1.49. The molecule has 0 aromatic heterocycles. The van der Waals surface area contributed by atoms with Crippen LogP contribution in [0.2, 0.25) is 0 Å². The largest absolute Gasteiger partial charge is 0.394 e. The molecule has 0 bridgehead atoms. The van der Waals surface area contributed by atoms with Gasteiger partial charge in [0.1, 0.15) is 0 Å². The summed E-state index contributed by atoms with van der Waals surface area (Å²) in [6.45, 7) is -0.0250. The van der Waals surface area contributed by atoms with Crippen molar-refractivity contribution in [2.75, 3.05) is 13.7 Å². The molecule has 1 fully saturated rings. The van der Waals surface area contributed by atoms with Crippen molar-refractivity contribution < 1.29 is 14.6 Å². The van der Waals surface area contributed by atoms with Crippen molar-refractivity contribution in [3.63, 3.8) is 0 Å². The van der Waals surface area contributed by atoms with E-state index in [4.69, 9.17) is 20.1 Å². The van der Waals surface area contributed by atoms with E-state index < -0.39 is 6.29 Å². The first-order chi connectivity index (χ1) is 6.31. The average molecular weight is 187 g/mol. The third-order valence-corrected chi connectivity index (χ3v) is 2.06. The van der Waals surface area contributed by atoms with Crippen LogP contribution >= 0.6 is 0 Å². The summed E-state index contributed by atoms with van der Waals surface area (Å²) in [5.41, 5.74) is 8.25. The van der Waals surface area contributed by atoms with Crippen LogP contribution in [0.4, 0.5) is 0 Å². The van der Waals surface area contributed by atoms with Crippen LogP contribution in [0, 0.1) is 0 Å². The molecule has 1 aliphatic heterocycles. The SMILES string of the molecule is CO[C@@H]1O[C@H](CO)CC[C@@H]1N=[N+]=[N-]. The summed E-state index contributed by atoms with van der Waals surface area (Å²) < 4.78 is 10.3. The van der Waals surface area contributed by atoms with E-state index in [-0.39, 0.29) is 18.8 Å². The molecule has 0 amide bonds. The van der Waals surface area contributed by atoms with Gasteiger partial charge >= 0.3 is 0 Å². The molecule has 0 unspecified atom stereocenters. The van der Waals surface area contributed by atoms with Crippen LogP contribution < -0.4 is 0 Å². The van der Waals surface area contributed by atoms with E-state index in [0.717, 1.165) is 0 Å². The third kappa shape index (κ3) is 2.57. The molecule has 6 heteroatoms. The first-order valence-corrected chi connectivity index (χ1v) is 4.15. The Morgan fingerprint density at radius 1 is 1.69 bits per heavy atom. The fourth-order valence-electron chi connectivity index (χ4n) is 1.37. The molecule has 1 N–H and O–H groups in total. The molecule has 0 aromatic carbocycles. The summed E-state index contributed by atoms with van der Waals surface area (Å²) in [6.07, 6.45) is 0.658. The number of methoxy groups -OCH3 is 1. The molecule has 0 saturated carbocycles. The lowest BCUT2D eigenvalue weighted by Gasteiger charge is -2.32. The minimum absolute atomic E-state index is 0.0250. The van der Waals surface area contributed by atoms with Gasteiger partial charge in [0.05, 0.1) is 18.8 Å². The van der Waals surface area contributed by atoms with Gasteiger partial charge in [-0.25, -0.2) is 0 Å². The van der Waals surface area contributed by atoms with Crippen molar-refractivity contribution in [3.05, 3.63) is 10.4 Å². The van der Waals surface area contributed by atoms with Gasteiger partial charge < -0.3 is 14.6 Å². The smallest absolute Gasteiger partial charge is 0.166 e. The zero-order valence-corrected chi connectivity index (χ0v) is 7.46. The highest BCUT2D eigenvalue weighted by Crippen LogP contribution is 2.22. The van der Waals surface area contributed by atoms with Crippen molar-refractivity contribution in [2.45, 2.75) is 31.3 Å². The van der Waals surface area contributed by atoms with Crippen LogP contribution in [0.5, 0.6) is 0 Å². The van der Waals surface area contributed by atoms with Crippen molar-refractivity contribution in [3.8, 4) is 0 Å². The van der Waals surface area contributed by atoms with E-state index in [2.05, 4.69) is 10.0 Å². The average Bonchev–Trinajstić information content (AvgIpc) is 2.19. The number of nitrogens with zero attached hydrogens (tertiary/aromatic N) is 3. The fraction of sp³-hybridized carbons (Fsp3) is 1.00. The van der Waals surface area contributed by atoms with Gasteiger partial charge in [-0.2, -0.15) is 0 Å². The Morgan fingerprint density at radius 2 is 2.46 bits per heavy atom. The number of rotatable bonds is 3. The number of aliphatic hydroxyl groups is 1. The molecule has 0 aromatic rings. The second kappa shape index (κ2) is 5.04. The molecule has 1 saturated heterocycles. The monoisotopic (exact) mass is 187 g/mol. The lowest BCUT2D eigenvalue weighted by molar-refractivity contribution is -0.196. The van der Waals surface area contributed by atoms with Gasteiger partial charge in [-0.3, -0.25) is 0 Å². The Labute approximate surface area is 76.1 Å². The maximum absolute atomic E-state index is 8.84. The van der Waals surface area contributed by atoms with Crippen LogP contribution in [0.3, 0.4) is 0 Å². The molecule has 1 rings (SSSR count). The van der Waals surface area contributed by atoms with E-state index in [9.17, 15) is 0 Å². The highest BCUT2D eigenvalue weighted by atomic mass is 16.7. The maximum Gasteiger partial charge on any atom is 0.166 e. The highest BCUT2D eigenvalue weighted by Gasteiger charge is 2.29. The van der Waals surface area contributed by atoms with Crippen molar-refractivity contribution in [1.29, 1.82) is 0 Å². The number of hydrogen-bond acceptors (Lipinski definition) is 4. The topological polar surface area (TPSA) is 87.5 Å². The van der Waals surface area contributed by atoms with Gasteiger partial charge in [-0.1, -0.05) is 5.11 Å². The number of aliphatic hydroxyl groups excluding tert-OH is 1. The van der Waals surface area contributed by atoms with Gasteiger partial charge in [-0.05, 0) is 18.4 Å². The molecule has 1 aliphatic rings. The summed E-state index contributed by atoms with van der Waals surface area (Å²) in [6, 6.07) is -0.280. The molecule has 74 valence electrons. The molecule has 6 nitrogen and oxygen atoms in total. The molecule has 0 spiro atoms. The minimum atomic E-state index is -0.526. The van der Waals surface area contributed by atoms with Crippen molar-refractivity contribution in [1.82, 2.24) is 0 Å². The van der Waals surface area contributed by atoms with Gasteiger partial charge in [0.2, 0.25) is 0 Å². The van der Waals surface area contributed by atoms with E-state index in [1.165, 1.54) is 7.11 Å². The first-order valence-electron chi connectivity index (χ1n) is 4.15. The Balaban J connectivity index is 2.54.